The number of unbranched alkanes of at least 4 members (excludes halogenated alkanes) is 2. The van der Waals surface area contributed by atoms with Crippen LogP contribution in [0.25, 0.3) is 0 Å². The molecule has 1 aromatic carbocycles. The van der Waals surface area contributed by atoms with Crippen LogP contribution in [0.15, 0.2) is 29.4 Å². The van der Waals surface area contributed by atoms with Crippen molar-refractivity contribution in [3.8, 4) is 0 Å². The van der Waals surface area contributed by atoms with Gasteiger partial charge in [0.05, 0.1) is 0 Å². The van der Waals surface area contributed by atoms with Crippen LogP contribution in [0.3, 0.4) is 0 Å². The first-order valence-corrected chi connectivity index (χ1v) is 6.41. The zero-order chi connectivity index (χ0) is 13.4. The number of carbonyl (C=O) groups is 1. The van der Waals surface area contributed by atoms with Crippen molar-refractivity contribution in [2.45, 2.75) is 39.5 Å². The number of rotatable bonds is 7. The van der Waals surface area contributed by atoms with Crippen molar-refractivity contribution >= 4 is 11.5 Å². The van der Waals surface area contributed by atoms with E-state index in [0.717, 1.165) is 30.4 Å². The van der Waals surface area contributed by atoms with Gasteiger partial charge in [0.2, 0.25) is 0 Å². The summed E-state index contributed by atoms with van der Waals surface area (Å²) in [4.78, 5) is 17.0. The molecule has 1 aromatic rings. The standard InChI is InChI=1S/C15H21NO2/c1-4-5-6-11-14(17)15(16-18-3)13-10-8-7-9-12(13)2/h7-10H,4-6,11H2,1-3H3/b16-15+. The van der Waals surface area contributed by atoms with Crippen LogP contribution in [-0.2, 0) is 9.63 Å². The number of aryl methyl sites for hydroxylation is 1. The fourth-order valence-corrected chi connectivity index (χ4v) is 1.83. The zero-order valence-corrected chi connectivity index (χ0v) is 11.4. The van der Waals surface area contributed by atoms with Gasteiger partial charge in [-0.25, -0.2) is 0 Å². The van der Waals surface area contributed by atoms with Crippen LogP contribution in [0.5, 0.6) is 0 Å². The molecule has 0 unspecified atom stereocenters. The van der Waals surface area contributed by atoms with Gasteiger partial charge in [-0.15, -0.1) is 0 Å². The Morgan fingerprint density at radius 3 is 2.61 bits per heavy atom. The molecule has 0 aliphatic carbocycles. The molecule has 0 bridgehead atoms. The minimum absolute atomic E-state index is 0.0552. The zero-order valence-electron chi connectivity index (χ0n) is 11.4. The first-order chi connectivity index (χ1) is 8.70. The molecule has 0 N–H and O–H groups in total. The third-order valence-corrected chi connectivity index (χ3v) is 2.85. The number of oxime groups is 1. The average Bonchev–Trinajstić information content (AvgIpc) is 2.37. The van der Waals surface area contributed by atoms with Crippen molar-refractivity contribution in [2.24, 2.45) is 5.16 Å². The molecular weight excluding hydrogens is 226 g/mol. The van der Waals surface area contributed by atoms with Crippen molar-refractivity contribution in [2.75, 3.05) is 7.11 Å². The van der Waals surface area contributed by atoms with Gasteiger partial charge in [-0.3, -0.25) is 4.79 Å². The molecule has 0 heterocycles. The summed E-state index contributed by atoms with van der Waals surface area (Å²) in [6.07, 6.45) is 3.61. The highest BCUT2D eigenvalue weighted by Crippen LogP contribution is 2.12. The molecule has 18 heavy (non-hydrogen) atoms. The summed E-state index contributed by atoms with van der Waals surface area (Å²) in [6, 6.07) is 7.74. The predicted octanol–water partition coefficient (Wildman–Crippen LogP) is 3.49. The highest BCUT2D eigenvalue weighted by atomic mass is 16.6. The van der Waals surface area contributed by atoms with Crippen LogP contribution in [0.4, 0.5) is 0 Å². The maximum absolute atomic E-state index is 12.1. The summed E-state index contributed by atoms with van der Waals surface area (Å²) in [5.41, 5.74) is 2.34. The Hall–Kier alpha value is -1.64. The first-order valence-electron chi connectivity index (χ1n) is 6.41. The summed E-state index contributed by atoms with van der Waals surface area (Å²) < 4.78 is 0. The predicted molar refractivity (Wildman–Crippen MR) is 73.9 cm³/mol. The van der Waals surface area contributed by atoms with Crippen LogP contribution in [0.2, 0.25) is 0 Å². The van der Waals surface area contributed by atoms with E-state index >= 15 is 0 Å². The highest BCUT2D eigenvalue weighted by Gasteiger charge is 2.16. The Balaban J connectivity index is 2.87. The van der Waals surface area contributed by atoms with Crippen LogP contribution >= 0.6 is 0 Å². The Labute approximate surface area is 109 Å². The summed E-state index contributed by atoms with van der Waals surface area (Å²) in [5.74, 6) is 0.0552. The molecule has 0 saturated heterocycles. The minimum atomic E-state index is 0.0552. The molecule has 0 amide bonds. The van der Waals surface area contributed by atoms with Crippen LogP contribution in [0, 0.1) is 6.92 Å². The van der Waals surface area contributed by atoms with Crippen molar-refractivity contribution in [1.29, 1.82) is 0 Å². The second-order valence-electron chi connectivity index (χ2n) is 4.32. The van der Waals surface area contributed by atoms with Crippen molar-refractivity contribution in [1.82, 2.24) is 0 Å². The lowest BCUT2D eigenvalue weighted by Gasteiger charge is -2.07. The first kappa shape index (κ1) is 14.4. The minimum Gasteiger partial charge on any atom is -0.399 e. The third kappa shape index (κ3) is 3.99. The molecule has 3 heteroatoms. The monoisotopic (exact) mass is 247 g/mol. The summed E-state index contributed by atoms with van der Waals surface area (Å²) >= 11 is 0. The van der Waals surface area contributed by atoms with Gasteiger partial charge in [-0.1, -0.05) is 49.2 Å². The number of benzene rings is 1. The molecule has 0 saturated carbocycles. The van der Waals surface area contributed by atoms with Gasteiger partial charge in [0.25, 0.3) is 0 Å². The molecule has 3 nitrogen and oxygen atoms in total. The Kier molecular flexibility index (Phi) is 6.12. The Morgan fingerprint density at radius 1 is 1.28 bits per heavy atom. The summed E-state index contributed by atoms with van der Waals surface area (Å²) in [5, 5.41) is 3.90. The molecule has 0 spiro atoms. The molecule has 0 aliphatic rings. The van der Waals surface area contributed by atoms with E-state index in [1.165, 1.54) is 7.11 Å². The smallest absolute Gasteiger partial charge is 0.185 e. The van der Waals surface area contributed by atoms with Crippen LogP contribution in [-0.4, -0.2) is 18.6 Å². The van der Waals surface area contributed by atoms with E-state index in [2.05, 4.69) is 12.1 Å². The normalized spacial score (nSPS) is 11.4. The van der Waals surface area contributed by atoms with Crippen molar-refractivity contribution in [3.05, 3.63) is 35.4 Å². The van der Waals surface area contributed by atoms with E-state index in [-0.39, 0.29) is 5.78 Å². The molecule has 98 valence electrons. The lowest BCUT2D eigenvalue weighted by Crippen LogP contribution is -2.17. The molecule has 1 rings (SSSR count). The lowest BCUT2D eigenvalue weighted by molar-refractivity contribution is -0.113. The van der Waals surface area contributed by atoms with E-state index < -0.39 is 0 Å². The molecule has 0 fully saturated rings. The van der Waals surface area contributed by atoms with E-state index in [0.29, 0.717) is 12.1 Å². The largest absolute Gasteiger partial charge is 0.399 e. The SMILES string of the molecule is CCCCCC(=O)/C(=N/OC)c1ccccc1C. The van der Waals surface area contributed by atoms with E-state index in [1.807, 2.05) is 31.2 Å². The molecular formula is C15H21NO2. The van der Waals surface area contributed by atoms with Crippen molar-refractivity contribution in [3.63, 3.8) is 0 Å². The van der Waals surface area contributed by atoms with Gasteiger partial charge < -0.3 is 4.84 Å². The van der Waals surface area contributed by atoms with E-state index in [4.69, 9.17) is 4.84 Å². The lowest BCUT2D eigenvalue weighted by atomic mass is 9.98. The number of ketones is 1. The summed E-state index contributed by atoms with van der Waals surface area (Å²) in [6.45, 7) is 4.09. The number of carbonyl (C=O) groups excluding carboxylic acids is 1. The molecule has 0 aromatic heterocycles. The fourth-order valence-electron chi connectivity index (χ4n) is 1.83. The number of Topliss-reactive ketones (excluding diaryl/α,β-unsaturated/α-hetero) is 1. The summed E-state index contributed by atoms with van der Waals surface area (Å²) in [7, 11) is 1.47. The molecule has 0 radical (unpaired) electrons. The van der Waals surface area contributed by atoms with E-state index in [1.54, 1.807) is 0 Å². The maximum Gasteiger partial charge on any atom is 0.185 e. The Morgan fingerprint density at radius 2 is 2.00 bits per heavy atom. The van der Waals surface area contributed by atoms with Gasteiger partial charge in [0, 0.05) is 12.0 Å². The average molecular weight is 247 g/mol. The quantitative estimate of drug-likeness (QED) is 0.420. The van der Waals surface area contributed by atoms with Gasteiger partial charge in [-0.2, -0.15) is 0 Å². The second-order valence-corrected chi connectivity index (χ2v) is 4.32. The number of nitrogens with zero attached hydrogens (tertiary/aromatic N) is 1. The van der Waals surface area contributed by atoms with Gasteiger partial charge in [0.15, 0.2) is 11.5 Å². The molecule has 0 aliphatic heterocycles. The van der Waals surface area contributed by atoms with Gasteiger partial charge >= 0.3 is 0 Å². The number of hydrogen-bond acceptors (Lipinski definition) is 3. The topological polar surface area (TPSA) is 38.7 Å². The van der Waals surface area contributed by atoms with Gasteiger partial charge in [-0.05, 0) is 18.9 Å². The van der Waals surface area contributed by atoms with E-state index in [9.17, 15) is 4.79 Å². The second kappa shape index (κ2) is 7.64. The number of hydrogen-bond donors (Lipinski definition) is 0. The Bertz CT molecular complexity index is 424. The maximum atomic E-state index is 12.1. The van der Waals surface area contributed by atoms with Gasteiger partial charge in [0.1, 0.15) is 7.11 Å². The highest BCUT2D eigenvalue weighted by molar-refractivity contribution is 6.46. The molecule has 0 atom stereocenters. The van der Waals surface area contributed by atoms with Crippen LogP contribution < -0.4 is 0 Å². The van der Waals surface area contributed by atoms with Crippen LogP contribution in [0.1, 0.15) is 43.7 Å². The third-order valence-electron chi connectivity index (χ3n) is 2.85. The van der Waals surface area contributed by atoms with Crippen molar-refractivity contribution < 1.29 is 9.63 Å². The fraction of sp³-hybridized carbons (Fsp3) is 0.467.